The third-order valence-electron chi connectivity index (χ3n) is 11.4. The smallest absolute Gasteiger partial charge is 0.136 e. The Labute approximate surface area is 308 Å². The molecule has 11 rings (SSSR count). The summed E-state index contributed by atoms with van der Waals surface area (Å²) in [5, 5.41) is 4.87. The van der Waals surface area contributed by atoms with Gasteiger partial charge in [0, 0.05) is 33.2 Å². The lowest BCUT2D eigenvalue weighted by atomic mass is 9.74. The van der Waals surface area contributed by atoms with E-state index < -0.39 is 0 Å². The van der Waals surface area contributed by atoms with Gasteiger partial charge in [-0.2, -0.15) is 0 Å². The summed E-state index contributed by atoms with van der Waals surface area (Å²) in [6.07, 6.45) is 0.935. The molecule has 0 fully saturated rings. The number of hydrogen-bond acceptors (Lipinski definition) is 1. The van der Waals surface area contributed by atoms with Crippen LogP contribution in [0.2, 0.25) is 0 Å². The van der Waals surface area contributed by atoms with Crippen molar-refractivity contribution in [1.29, 1.82) is 0 Å². The van der Waals surface area contributed by atoms with Crippen LogP contribution >= 0.6 is 0 Å². The third-order valence-corrected chi connectivity index (χ3v) is 11.4. The van der Waals surface area contributed by atoms with Crippen molar-refractivity contribution in [2.45, 2.75) is 19.3 Å². The molecule has 0 radical (unpaired) electrons. The van der Waals surface area contributed by atoms with Crippen molar-refractivity contribution >= 4 is 43.7 Å². The molecule has 2 heterocycles. The molecule has 8 aromatic carbocycles. The Morgan fingerprint density at radius 2 is 1.21 bits per heavy atom. The van der Waals surface area contributed by atoms with Gasteiger partial charge in [0.05, 0.1) is 11.0 Å². The first kappa shape index (κ1) is 30.0. The number of rotatable bonds is 4. The molecular formula is C51H35NO. The second-order valence-corrected chi connectivity index (χ2v) is 14.6. The quantitative estimate of drug-likeness (QED) is 0.181. The minimum Gasteiger partial charge on any atom is -0.456 e. The van der Waals surface area contributed by atoms with Gasteiger partial charge in [-0.1, -0.05) is 127 Å². The molecule has 0 amide bonds. The Kier molecular flexibility index (Phi) is 6.63. The standard InChI is InChI=1S/C51H35NO/c1-32-12-11-14-33(24-32)36-25-37(34-22-23-49-46(28-34)41-18-7-9-20-48(41)52(49)39-15-3-2-4-16-39)27-38(26-36)43-29-35-13-5-6-17-40(35)45-31-51-47(30-44(43)45)42-19-8-10-21-50(42)53-51/h2-28,30-31,43H,29H2,1H3. The minimum atomic E-state index is 0.171. The molecule has 1 aliphatic rings. The fourth-order valence-electron chi connectivity index (χ4n) is 8.92. The van der Waals surface area contributed by atoms with Gasteiger partial charge in [0.2, 0.25) is 0 Å². The van der Waals surface area contributed by atoms with E-state index in [2.05, 4.69) is 187 Å². The van der Waals surface area contributed by atoms with Crippen molar-refractivity contribution in [2.24, 2.45) is 0 Å². The normalized spacial score (nSPS) is 13.9. The number of hydrogen-bond donors (Lipinski definition) is 0. The van der Waals surface area contributed by atoms with Crippen LogP contribution in [0, 0.1) is 6.92 Å². The van der Waals surface area contributed by atoms with Gasteiger partial charge in [0.1, 0.15) is 11.2 Å². The van der Waals surface area contributed by atoms with E-state index in [0.29, 0.717) is 0 Å². The van der Waals surface area contributed by atoms with Crippen LogP contribution < -0.4 is 0 Å². The highest BCUT2D eigenvalue weighted by Crippen LogP contribution is 2.47. The van der Waals surface area contributed by atoms with Crippen molar-refractivity contribution < 1.29 is 4.42 Å². The van der Waals surface area contributed by atoms with Crippen molar-refractivity contribution in [3.8, 4) is 39.1 Å². The summed E-state index contributed by atoms with van der Waals surface area (Å²) in [5.74, 6) is 0.171. The van der Waals surface area contributed by atoms with E-state index in [9.17, 15) is 0 Å². The summed E-state index contributed by atoms with van der Waals surface area (Å²) in [4.78, 5) is 0. The fourth-order valence-corrected chi connectivity index (χ4v) is 8.92. The summed E-state index contributed by atoms with van der Waals surface area (Å²) in [7, 11) is 0. The minimum absolute atomic E-state index is 0.171. The van der Waals surface area contributed by atoms with Crippen LogP contribution in [0.25, 0.3) is 82.8 Å². The van der Waals surface area contributed by atoms with E-state index in [1.807, 2.05) is 0 Å². The van der Waals surface area contributed by atoms with E-state index in [0.717, 1.165) is 17.6 Å². The predicted octanol–water partition coefficient (Wildman–Crippen LogP) is 13.7. The Hall–Kier alpha value is -6.64. The first-order valence-corrected chi connectivity index (χ1v) is 18.5. The number of benzene rings is 8. The largest absolute Gasteiger partial charge is 0.456 e. The highest BCUT2D eigenvalue weighted by molar-refractivity contribution is 6.11. The van der Waals surface area contributed by atoms with E-state index in [1.54, 1.807) is 0 Å². The second kappa shape index (κ2) is 11.7. The predicted molar refractivity (Wildman–Crippen MR) is 221 cm³/mol. The van der Waals surface area contributed by atoms with Crippen molar-refractivity contribution in [3.05, 3.63) is 198 Å². The number of fused-ring (bicyclic) bond motifs is 9. The Bertz CT molecular complexity index is 3050. The molecule has 2 nitrogen and oxygen atoms in total. The van der Waals surface area contributed by atoms with Gasteiger partial charge in [-0.15, -0.1) is 0 Å². The second-order valence-electron chi connectivity index (χ2n) is 14.6. The zero-order chi connectivity index (χ0) is 35.0. The highest BCUT2D eigenvalue weighted by atomic mass is 16.3. The monoisotopic (exact) mass is 677 g/mol. The molecule has 0 aliphatic heterocycles. The Morgan fingerprint density at radius 3 is 2.08 bits per heavy atom. The zero-order valence-corrected chi connectivity index (χ0v) is 29.4. The summed E-state index contributed by atoms with van der Waals surface area (Å²) in [6.45, 7) is 2.18. The Morgan fingerprint density at radius 1 is 0.472 bits per heavy atom. The van der Waals surface area contributed by atoms with Crippen LogP contribution in [-0.2, 0) is 6.42 Å². The summed E-state index contributed by atoms with van der Waals surface area (Å²) in [6, 6.07) is 64.7. The molecule has 0 spiro atoms. The SMILES string of the molecule is Cc1cccc(-c2cc(-c3ccc4c(c3)c3ccccc3n4-c3ccccc3)cc(C3Cc4ccccc4-c4cc5oc6ccccc6c5cc43)c2)c1. The first-order valence-electron chi connectivity index (χ1n) is 18.5. The molecule has 1 atom stereocenters. The lowest BCUT2D eigenvalue weighted by Gasteiger charge is -2.29. The van der Waals surface area contributed by atoms with Crippen LogP contribution in [0.5, 0.6) is 0 Å². The van der Waals surface area contributed by atoms with Gasteiger partial charge < -0.3 is 8.98 Å². The van der Waals surface area contributed by atoms with Gasteiger partial charge in [0.25, 0.3) is 0 Å². The molecule has 0 N–H and O–H groups in total. The summed E-state index contributed by atoms with van der Waals surface area (Å²) in [5.41, 5.74) is 18.3. The summed E-state index contributed by atoms with van der Waals surface area (Å²) < 4.78 is 8.82. The average Bonchev–Trinajstić information content (AvgIpc) is 3.75. The molecule has 1 unspecified atom stereocenters. The van der Waals surface area contributed by atoms with E-state index in [4.69, 9.17) is 4.42 Å². The molecule has 0 saturated heterocycles. The maximum absolute atomic E-state index is 6.43. The van der Waals surface area contributed by atoms with Crippen LogP contribution in [0.1, 0.15) is 28.2 Å². The average molecular weight is 678 g/mol. The zero-order valence-electron chi connectivity index (χ0n) is 29.4. The maximum Gasteiger partial charge on any atom is 0.136 e. The van der Waals surface area contributed by atoms with Gasteiger partial charge in [0.15, 0.2) is 0 Å². The van der Waals surface area contributed by atoms with Gasteiger partial charge in [-0.05, 0) is 118 Å². The van der Waals surface area contributed by atoms with E-state index >= 15 is 0 Å². The van der Waals surface area contributed by atoms with Crippen molar-refractivity contribution in [3.63, 3.8) is 0 Å². The third kappa shape index (κ3) is 4.80. The van der Waals surface area contributed by atoms with Gasteiger partial charge in [-0.25, -0.2) is 0 Å². The molecule has 0 saturated carbocycles. The molecule has 250 valence electrons. The van der Waals surface area contributed by atoms with Crippen LogP contribution in [-0.4, -0.2) is 4.57 Å². The fraction of sp³-hybridized carbons (Fsp3) is 0.0588. The lowest BCUT2D eigenvalue weighted by Crippen LogP contribution is -2.13. The lowest BCUT2D eigenvalue weighted by molar-refractivity contribution is 0.668. The van der Waals surface area contributed by atoms with Crippen molar-refractivity contribution in [2.75, 3.05) is 0 Å². The maximum atomic E-state index is 6.43. The van der Waals surface area contributed by atoms with E-state index in [1.165, 1.54) is 93.9 Å². The number of nitrogens with zero attached hydrogens (tertiary/aromatic N) is 1. The first-order chi connectivity index (χ1) is 26.2. The molecule has 0 bridgehead atoms. The molecule has 10 aromatic rings. The number of aryl methyl sites for hydroxylation is 1. The molecular weight excluding hydrogens is 643 g/mol. The number of para-hydroxylation sites is 3. The van der Waals surface area contributed by atoms with Crippen LogP contribution in [0.15, 0.2) is 180 Å². The number of furan rings is 1. The van der Waals surface area contributed by atoms with Crippen LogP contribution in [0.3, 0.4) is 0 Å². The van der Waals surface area contributed by atoms with Crippen LogP contribution in [0.4, 0.5) is 0 Å². The highest BCUT2D eigenvalue weighted by Gasteiger charge is 2.28. The number of aromatic nitrogens is 1. The topological polar surface area (TPSA) is 18.1 Å². The molecule has 2 heteroatoms. The Balaban J connectivity index is 1.15. The van der Waals surface area contributed by atoms with E-state index in [-0.39, 0.29) is 5.92 Å². The molecule has 2 aromatic heterocycles. The van der Waals surface area contributed by atoms with Gasteiger partial charge in [-0.3, -0.25) is 0 Å². The summed E-state index contributed by atoms with van der Waals surface area (Å²) >= 11 is 0. The van der Waals surface area contributed by atoms with Gasteiger partial charge >= 0.3 is 0 Å². The molecule has 53 heavy (non-hydrogen) atoms. The van der Waals surface area contributed by atoms with Crippen molar-refractivity contribution in [1.82, 2.24) is 4.57 Å². The molecule has 1 aliphatic carbocycles.